The standard InChI is InChI=1S/C24H29N5O2.C22H24ClN5O/c1-2-31-21-8-12-25-23(27-21)28-14-10-24(11-15-28)9-5-13-29(22(24)30)17-18-16-26-20-7-4-3-6-19(18)20;23-19-6-10-24-21(26-19)27-12-8-22(9-13-27)7-3-11-28(20(22)29)15-16-14-25-18-5-2-1-4-17(16)18/h3-4,6-8,12,16,26H,2,5,9-11,13-15,17H2,1H3;1-2,4-6,10,14,25H,3,7-9,11-13,15H2. The van der Waals surface area contributed by atoms with Gasteiger partial charge in [0.05, 0.1) is 17.4 Å². The highest BCUT2D eigenvalue weighted by Gasteiger charge is 2.47. The van der Waals surface area contributed by atoms with Gasteiger partial charge in [-0.2, -0.15) is 4.98 Å². The number of carbonyl (C=O) groups is 2. The highest BCUT2D eigenvalue weighted by atomic mass is 35.5. The molecular weight excluding hydrogens is 776 g/mol. The van der Waals surface area contributed by atoms with Crippen molar-refractivity contribution in [3.05, 3.63) is 102 Å². The number of H-pyrrole nitrogens is 2. The van der Waals surface area contributed by atoms with Gasteiger partial charge in [0, 0.05) is 105 Å². The van der Waals surface area contributed by atoms with E-state index in [4.69, 9.17) is 16.3 Å². The van der Waals surface area contributed by atoms with Crippen LogP contribution in [0.15, 0.2) is 85.5 Å². The third kappa shape index (κ3) is 7.99. The summed E-state index contributed by atoms with van der Waals surface area (Å²) in [6.45, 7) is 8.71. The molecule has 4 fully saturated rings. The van der Waals surface area contributed by atoms with Crippen molar-refractivity contribution in [1.29, 1.82) is 0 Å². The summed E-state index contributed by atoms with van der Waals surface area (Å²) in [5, 5.41) is 2.86. The number of anilines is 2. The zero-order valence-corrected chi connectivity index (χ0v) is 35.0. The first-order valence-corrected chi connectivity index (χ1v) is 21.8. The number of aromatic amines is 2. The fourth-order valence-electron chi connectivity index (χ4n) is 9.93. The monoisotopic (exact) mass is 828 g/mol. The molecule has 0 atom stereocenters. The Labute approximate surface area is 355 Å². The largest absolute Gasteiger partial charge is 0.478 e. The molecular formula is C46H53ClN10O3. The van der Waals surface area contributed by atoms with E-state index in [0.29, 0.717) is 54.4 Å². The van der Waals surface area contributed by atoms with Crippen LogP contribution < -0.4 is 14.5 Å². The lowest BCUT2D eigenvalue weighted by molar-refractivity contribution is -0.149. The van der Waals surface area contributed by atoms with Crippen molar-refractivity contribution in [3.63, 3.8) is 0 Å². The second-order valence-corrected chi connectivity index (χ2v) is 17.1. The molecule has 8 heterocycles. The van der Waals surface area contributed by atoms with Crippen LogP contribution in [0.3, 0.4) is 0 Å². The number of rotatable bonds is 8. The van der Waals surface area contributed by atoms with Crippen molar-refractivity contribution in [2.45, 2.75) is 71.4 Å². The molecule has 312 valence electrons. The van der Waals surface area contributed by atoms with E-state index in [0.717, 1.165) is 102 Å². The minimum Gasteiger partial charge on any atom is -0.478 e. The van der Waals surface area contributed by atoms with Gasteiger partial charge < -0.3 is 34.3 Å². The van der Waals surface area contributed by atoms with E-state index in [-0.39, 0.29) is 10.8 Å². The normalized spacial score (nSPS) is 19.0. The molecule has 2 N–H and O–H groups in total. The lowest BCUT2D eigenvalue weighted by Crippen LogP contribution is -2.53. The molecule has 13 nitrogen and oxygen atoms in total. The summed E-state index contributed by atoms with van der Waals surface area (Å²) < 4.78 is 5.52. The summed E-state index contributed by atoms with van der Waals surface area (Å²) >= 11 is 6.02. The highest BCUT2D eigenvalue weighted by molar-refractivity contribution is 6.29. The first-order chi connectivity index (χ1) is 29.3. The summed E-state index contributed by atoms with van der Waals surface area (Å²) in [6.07, 6.45) is 14.9. The number of carbonyl (C=O) groups excluding carboxylic acids is 2. The predicted molar refractivity (Wildman–Crippen MR) is 234 cm³/mol. The first kappa shape index (κ1) is 39.8. The molecule has 4 aromatic heterocycles. The van der Waals surface area contributed by atoms with Crippen LogP contribution >= 0.6 is 11.6 Å². The molecule has 10 rings (SSSR count). The summed E-state index contributed by atoms with van der Waals surface area (Å²) in [5.41, 5.74) is 4.13. The molecule has 2 amide bonds. The fourth-order valence-corrected chi connectivity index (χ4v) is 10.1. The van der Waals surface area contributed by atoms with E-state index in [9.17, 15) is 9.59 Å². The number of aromatic nitrogens is 6. The van der Waals surface area contributed by atoms with Gasteiger partial charge in [-0.05, 0) is 87.6 Å². The van der Waals surface area contributed by atoms with Crippen LogP contribution in [-0.2, 0) is 22.7 Å². The molecule has 4 aliphatic rings. The SMILES string of the molecule is CCOc1ccnc(N2CCC3(CCCN(Cc4c[nH]c5ccccc45)C3=O)CC2)n1.O=C1N(Cc2c[nH]c3ccccc23)CCCC12CCN(c1nccc(Cl)n1)CC2. The van der Waals surface area contributed by atoms with Gasteiger partial charge in [0.25, 0.3) is 0 Å². The topological polar surface area (TPSA) is 139 Å². The fraction of sp³-hybridized carbons (Fsp3) is 0.435. The van der Waals surface area contributed by atoms with E-state index in [1.54, 1.807) is 24.5 Å². The summed E-state index contributed by atoms with van der Waals surface area (Å²) in [7, 11) is 0. The van der Waals surface area contributed by atoms with Gasteiger partial charge in [0.15, 0.2) is 0 Å². The smallest absolute Gasteiger partial charge is 0.229 e. The van der Waals surface area contributed by atoms with Crippen LogP contribution in [0.5, 0.6) is 5.88 Å². The molecule has 2 aromatic carbocycles. The van der Waals surface area contributed by atoms with Crippen LogP contribution in [0.4, 0.5) is 11.9 Å². The molecule has 14 heteroatoms. The third-order valence-electron chi connectivity index (χ3n) is 13.2. The number of hydrogen-bond donors (Lipinski definition) is 2. The van der Waals surface area contributed by atoms with Gasteiger partial charge >= 0.3 is 0 Å². The van der Waals surface area contributed by atoms with Gasteiger partial charge in [-0.15, -0.1) is 0 Å². The minimum atomic E-state index is -0.252. The molecule has 0 radical (unpaired) electrons. The molecule has 0 bridgehead atoms. The number of benzene rings is 2. The Morgan fingerprint density at radius 1 is 0.633 bits per heavy atom. The van der Waals surface area contributed by atoms with Crippen molar-refractivity contribution in [3.8, 4) is 5.88 Å². The third-order valence-corrected chi connectivity index (χ3v) is 13.5. The van der Waals surface area contributed by atoms with Gasteiger partial charge in [-0.3, -0.25) is 9.59 Å². The highest BCUT2D eigenvalue weighted by Crippen LogP contribution is 2.43. The number of ether oxygens (including phenoxy) is 1. The number of hydrogen-bond acceptors (Lipinski definition) is 9. The van der Waals surface area contributed by atoms with Crippen LogP contribution in [0.1, 0.15) is 69.4 Å². The van der Waals surface area contributed by atoms with Gasteiger partial charge in [0.2, 0.25) is 29.6 Å². The number of nitrogens with zero attached hydrogens (tertiary/aromatic N) is 8. The van der Waals surface area contributed by atoms with E-state index >= 15 is 0 Å². The van der Waals surface area contributed by atoms with Gasteiger partial charge in [-0.1, -0.05) is 48.0 Å². The van der Waals surface area contributed by atoms with E-state index in [1.165, 1.54) is 21.9 Å². The van der Waals surface area contributed by atoms with Crippen molar-refractivity contribution < 1.29 is 14.3 Å². The quantitative estimate of drug-likeness (QED) is 0.147. The number of fused-ring (bicyclic) bond motifs is 2. The van der Waals surface area contributed by atoms with Crippen molar-refractivity contribution >= 4 is 57.1 Å². The zero-order valence-electron chi connectivity index (χ0n) is 34.3. The number of piperidine rings is 4. The van der Waals surface area contributed by atoms with Gasteiger partial charge in [-0.25, -0.2) is 15.0 Å². The Morgan fingerprint density at radius 3 is 1.62 bits per heavy atom. The number of amides is 2. The Hall–Kier alpha value is -5.69. The Balaban J connectivity index is 0.000000154. The second-order valence-electron chi connectivity index (χ2n) is 16.7. The van der Waals surface area contributed by atoms with E-state index in [1.807, 2.05) is 37.5 Å². The first-order valence-electron chi connectivity index (χ1n) is 21.5. The summed E-state index contributed by atoms with van der Waals surface area (Å²) in [5.74, 6) is 2.57. The predicted octanol–water partition coefficient (Wildman–Crippen LogP) is 7.79. The number of halogens is 1. The number of likely N-dealkylation sites (tertiary alicyclic amines) is 2. The maximum Gasteiger partial charge on any atom is 0.229 e. The van der Waals surface area contributed by atoms with Crippen LogP contribution in [0.25, 0.3) is 21.8 Å². The Bertz CT molecular complexity index is 2450. The molecule has 0 aliphatic carbocycles. The summed E-state index contributed by atoms with van der Waals surface area (Å²) in [4.78, 5) is 59.8. The lowest BCUT2D eigenvalue weighted by atomic mass is 9.71. The Morgan fingerprint density at radius 2 is 1.12 bits per heavy atom. The zero-order chi connectivity index (χ0) is 41.1. The van der Waals surface area contributed by atoms with Gasteiger partial charge in [0.1, 0.15) is 5.15 Å². The van der Waals surface area contributed by atoms with Crippen LogP contribution in [0.2, 0.25) is 5.15 Å². The maximum atomic E-state index is 13.6. The number of nitrogens with one attached hydrogen (secondary N) is 2. The summed E-state index contributed by atoms with van der Waals surface area (Å²) in [6, 6.07) is 20.0. The maximum absolute atomic E-state index is 13.6. The molecule has 60 heavy (non-hydrogen) atoms. The molecule has 2 spiro atoms. The molecule has 6 aromatic rings. The molecule has 0 unspecified atom stereocenters. The minimum absolute atomic E-state index is 0.251. The van der Waals surface area contributed by atoms with Crippen molar-refractivity contribution in [1.82, 2.24) is 39.7 Å². The van der Waals surface area contributed by atoms with Crippen LogP contribution in [0, 0.1) is 10.8 Å². The van der Waals surface area contributed by atoms with E-state index in [2.05, 4.69) is 79.8 Å². The average molecular weight is 829 g/mol. The average Bonchev–Trinajstić information content (AvgIpc) is 3.89. The van der Waals surface area contributed by atoms with Crippen molar-refractivity contribution in [2.24, 2.45) is 10.8 Å². The molecule has 0 saturated carbocycles. The molecule has 4 aliphatic heterocycles. The Kier molecular flexibility index (Phi) is 11.3. The lowest BCUT2D eigenvalue weighted by Gasteiger charge is -2.46. The van der Waals surface area contributed by atoms with Crippen molar-refractivity contribution in [2.75, 3.05) is 55.7 Å². The second kappa shape index (κ2) is 17.1. The van der Waals surface area contributed by atoms with E-state index < -0.39 is 0 Å². The molecule has 4 saturated heterocycles. The number of para-hydroxylation sites is 2. The van der Waals surface area contributed by atoms with Crippen LogP contribution in [-0.4, -0.2) is 97.4 Å².